The van der Waals surface area contributed by atoms with Gasteiger partial charge in [0.15, 0.2) is 5.13 Å². The van der Waals surface area contributed by atoms with Crippen molar-refractivity contribution < 1.29 is 4.74 Å². The van der Waals surface area contributed by atoms with Gasteiger partial charge < -0.3 is 14.5 Å². The molecule has 1 aromatic heterocycles. The number of benzene rings is 2. The largest absolute Gasteiger partial charge is 0.494 e. The number of halogens is 3. The van der Waals surface area contributed by atoms with Gasteiger partial charge in [0.25, 0.3) is 0 Å². The molecule has 3 aromatic rings. The number of ether oxygens (including phenoxy) is 1. The van der Waals surface area contributed by atoms with E-state index in [1.165, 1.54) is 0 Å². The van der Waals surface area contributed by atoms with Crippen LogP contribution in [0.4, 0.5) is 10.8 Å². The van der Waals surface area contributed by atoms with Crippen LogP contribution in [0, 0.1) is 0 Å². The van der Waals surface area contributed by atoms with Crippen LogP contribution >= 0.6 is 46.1 Å². The van der Waals surface area contributed by atoms with Crippen LogP contribution in [0.3, 0.4) is 0 Å². The highest BCUT2D eigenvalue weighted by Gasteiger charge is 2.23. The molecule has 1 aliphatic heterocycles. The molecule has 4 rings (SSSR count). The highest BCUT2D eigenvalue weighted by atomic mass is 35.5. The van der Waals surface area contributed by atoms with Crippen molar-refractivity contribution in [1.82, 2.24) is 4.98 Å². The SMILES string of the molecule is COc1ccc(Cl)c2sc(N3CCN(c4cccc(Cl)c4Cl)CC3)nc12. The number of aromatic nitrogens is 1. The molecular formula is C18H16Cl3N3OS. The lowest BCUT2D eigenvalue weighted by Gasteiger charge is -2.36. The summed E-state index contributed by atoms with van der Waals surface area (Å²) in [4.78, 5) is 9.30. The smallest absolute Gasteiger partial charge is 0.186 e. The second kappa shape index (κ2) is 7.31. The van der Waals surface area contributed by atoms with Crippen LogP contribution in [0.15, 0.2) is 30.3 Å². The number of piperazine rings is 1. The zero-order valence-electron chi connectivity index (χ0n) is 14.0. The van der Waals surface area contributed by atoms with Gasteiger partial charge in [0.2, 0.25) is 0 Å². The normalized spacial score (nSPS) is 14.9. The first kappa shape index (κ1) is 18.0. The monoisotopic (exact) mass is 427 g/mol. The van der Waals surface area contributed by atoms with E-state index in [-0.39, 0.29) is 0 Å². The van der Waals surface area contributed by atoms with Gasteiger partial charge in [-0.05, 0) is 24.3 Å². The quantitative estimate of drug-likeness (QED) is 0.543. The Morgan fingerprint density at radius 2 is 1.69 bits per heavy atom. The van der Waals surface area contributed by atoms with E-state index in [4.69, 9.17) is 44.5 Å². The summed E-state index contributed by atoms with van der Waals surface area (Å²) in [5, 5.41) is 2.86. The molecule has 1 fully saturated rings. The van der Waals surface area contributed by atoms with E-state index in [0.29, 0.717) is 15.1 Å². The number of anilines is 2. The van der Waals surface area contributed by atoms with E-state index in [2.05, 4.69) is 9.80 Å². The highest BCUT2D eigenvalue weighted by molar-refractivity contribution is 7.22. The molecule has 0 radical (unpaired) electrons. The van der Waals surface area contributed by atoms with Crippen LogP contribution in [0.5, 0.6) is 5.75 Å². The Bertz CT molecular complexity index is 954. The van der Waals surface area contributed by atoms with Crippen molar-refractivity contribution in [2.24, 2.45) is 0 Å². The van der Waals surface area contributed by atoms with Crippen molar-refractivity contribution in [2.75, 3.05) is 43.1 Å². The molecule has 2 heterocycles. The fourth-order valence-electron chi connectivity index (χ4n) is 3.12. The average molecular weight is 429 g/mol. The fraction of sp³-hybridized carbons (Fsp3) is 0.278. The molecule has 2 aromatic carbocycles. The molecule has 26 heavy (non-hydrogen) atoms. The Hall–Kier alpha value is -1.40. The lowest BCUT2D eigenvalue weighted by molar-refractivity contribution is 0.419. The minimum atomic E-state index is 0.583. The summed E-state index contributed by atoms with van der Waals surface area (Å²) in [6.45, 7) is 3.40. The van der Waals surface area contributed by atoms with Gasteiger partial charge in [-0.15, -0.1) is 0 Å². The Morgan fingerprint density at radius 1 is 0.962 bits per heavy atom. The third kappa shape index (κ3) is 3.18. The first-order valence-corrected chi connectivity index (χ1v) is 10.1. The van der Waals surface area contributed by atoms with Gasteiger partial charge in [-0.3, -0.25) is 0 Å². The third-order valence-electron chi connectivity index (χ3n) is 4.49. The van der Waals surface area contributed by atoms with E-state index in [1.54, 1.807) is 18.4 Å². The lowest BCUT2D eigenvalue weighted by atomic mass is 10.2. The molecule has 0 bridgehead atoms. The molecule has 8 heteroatoms. The summed E-state index contributed by atoms with van der Waals surface area (Å²) in [5.74, 6) is 0.747. The average Bonchev–Trinajstić information content (AvgIpc) is 3.11. The van der Waals surface area contributed by atoms with Gasteiger partial charge in [-0.25, -0.2) is 4.98 Å². The Morgan fingerprint density at radius 3 is 2.42 bits per heavy atom. The Kier molecular flexibility index (Phi) is 5.06. The topological polar surface area (TPSA) is 28.6 Å². The second-order valence-corrected chi connectivity index (χ2v) is 8.14. The van der Waals surface area contributed by atoms with E-state index in [0.717, 1.165) is 53.0 Å². The minimum absolute atomic E-state index is 0.583. The van der Waals surface area contributed by atoms with Gasteiger partial charge in [0.05, 0.1) is 32.6 Å². The molecule has 0 atom stereocenters. The van der Waals surface area contributed by atoms with Crippen molar-refractivity contribution in [3.63, 3.8) is 0 Å². The van der Waals surface area contributed by atoms with E-state index < -0.39 is 0 Å². The third-order valence-corrected chi connectivity index (χ3v) is 6.87. The minimum Gasteiger partial charge on any atom is -0.494 e. The molecule has 136 valence electrons. The molecule has 4 nitrogen and oxygen atoms in total. The summed E-state index contributed by atoms with van der Waals surface area (Å²) in [7, 11) is 1.65. The summed E-state index contributed by atoms with van der Waals surface area (Å²) < 4.78 is 6.37. The van der Waals surface area contributed by atoms with Gasteiger partial charge >= 0.3 is 0 Å². The maximum absolute atomic E-state index is 6.36. The standard InChI is InChI=1S/C18H16Cl3N3OS/c1-25-14-6-5-12(20)17-16(14)22-18(26-17)24-9-7-23(8-10-24)13-4-2-3-11(19)15(13)21/h2-6H,7-10H2,1H3. The van der Waals surface area contributed by atoms with Crippen LogP contribution in [-0.2, 0) is 0 Å². The summed E-state index contributed by atoms with van der Waals surface area (Å²) in [6.07, 6.45) is 0. The molecule has 1 saturated heterocycles. The van der Waals surface area contributed by atoms with E-state index in [9.17, 15) is 0 Å². The van der Waals surface area contributed by atoms with E-state index >= 15 is 0 Å². The van der Waals surface area contributed by atoms with Gasteiger partial charge in [0.1, 0.15) is 11.3 Å². The zero-order valence-corrected chi connectivity index (χ0v) is 17.1. The van der Waals surface area contributed by atoms with Crippen molar-refractivity contribution in [3.05, 3.63) is 45.4 Å². The Balaban J connectivity index is 1.56. The number of rotatable bonds is 3. The van der Waals surface area contributed by atoms with E-state index in [1.807, 2.05) is 30.3 Å². The van der Waals surface area contributed by atoms with Crippen LogP contribution in [0.1, 0.15) is 0 Å². The molecule has 0 unspecified atom stereocenters. The van der Waals surface area contributed by atoms with Crippen LogP contribution in [0.2, 0.25) is 15.1 Å². The second-order valence-electron chi connectivity index (χ2n) is 5.97. The first-order chi connectivity index (χ1) is 12.6. The number of methoxy groups -OCH3 is 1. The van der Waals surface area contributed by atoms with Crippen molar-refractivity contribution >= 4 is 67.2 Å². The highest BCUT2D eigenvalue weighted by Crippen LogP contribution is 2.39. The van der Waals surface area contributed by atoms with Crippen molar-refractivity contribution in [2.45, 2.75) is 0 Å². The molecule has 0 aliphatic carbocycles. The molecule has 0 spiro atoms. The number of hydrogen-bond donors (Lipinski definition) is 0. The van der Waals surface area contributed by atoms with Crippen molar-refractivity contribution in [1.29, 1.82) is 0 Å². The van der Waals surface area contributed by atoms with Crippen LogP contribution in [-0.4, -0.2) is 38.3 Å². The van der Waals surface area contributed by atoms with Gasteiger partial charge in [-0.1, -0.05) is 52.2 Å². The molecular weight excluding hydrogens is 413 g/mol. The summed E-state index contributed by atoms with van der Waals surface area (Å²) in [5.41, 5.74) is 1.80. The predicted octanol–water partition coefficient (Wildman–Crippen LogP) is 5.59. The maximum atomic E-state index is 6.36. The fourth-order valence-corrected chi connectivity index (χ4v) is 4.84. The lowest BCUT2D eigenvalue weighted by Crippen LogP contribution is -2.46. The molecule has 0 N–H and O–H groups in total. The first-order valence-electron chi connectivity index (χ1n) is 8.15. The number of thiazole rings is 1. The van der Waals surface area contributed by atoms with Gasteiger partial charge in [-0.2, -0.15) is 0 Å². The van der Waals surface area contributed by atoms with Crippen LogP contribution in [0.25, 0.3) is 10.2 Å². The number of hydrogen-bond acceptors (Lipinski definition) is 5. The number of nitrogens with zero attached hydrogens (tertiary/aromatic N) is 3. The summed E-state index contributed by atoms with van der Waals surface area (Å²) >= 11 is 20.4. The molecule has 1 aliphatic rings. The van der Waals surface area contributed by atoms with Crippen LogP contribution < -0.4 is 14.5 Å². The Labute approximate surface area is 170 Å². The number of fused-ring (bicyclic) bond motifs is 1. The maximum Gasteiger partial charge on any atom is 0.186 e. The predicted molar refractivity (Wildman–Crippen MR) is 112 cm³/mol. The van der Waals surface area contributed by atoms with Gasteiger partial charge in [0, 0.05) is 26.2 Å². The molecule has 0 saturated carbocycles. The molecule has 0 amide bonds. The summed E-state index contributed by atoms with van der Waals surface area (Å²) in [6, 6.07) is 9.45. The van der Waals surface area contributed by atoms with Crippen molar-refractivity contribution in [3.8, 4) is 5.75 Å². The zero-order chi connectivity index (χ0) is 18.3.